The summed E-state index contributed by atoms with van der Waals surface area (Å²) in [6.45, 7) is 0. The highest BCUT2D eigenvalue weighted by Gasteiger charge is 2.13. The van der Waals surface area contributed by atoms with Gasteiger partial charge in [-0.1, -0.05) is 23.9 Å². The van der Waals surface area contributed by atoms with Gasteiger partial charge in [0.2, 0.25) is 5.89 Å². The Morgan fingerprint density at radius 1 is 1.04 bits per heavy atom. The number of aromatic nitrogens is 2. The van der Waals surface area contributed by atoms with Crippen molar-refractivity contribution in [2.45, 2.75) is 11.0 Å². The van der Waals surface area contributed by atoms with Crippen molar-refractivity contribution in [3.8, 4) is 23.0 Å². The van der Waals surface area contributed by atoms with Gasteiger partial charge in [-0.15, -0.1) is 10.2 Å². The van der Waals surface area contributed by atoms with Gasteiger partial charge in [-0.25, -0.2) is 4.79 Å². The fraction of sp³-hybridized carbons (Fsp3) is 0.211. The minimum atomic E-state index is -0.367. The fourth-order valence-electron chi connectivity index (χ4n) is 2.37. The maximum absolute atomic E-state index is 11.6. The Kier molecular flexibility index (Phi) is 5.97. The van der Waals surface area contributed by atoms with Gasteiger partial charge in [0.15, 0.2) is 0 Å². The molecule has 2 aromatic carbocycles. The zero-order valence-electron chi connectivity index (χ0n) is 15.1. The molecule has 3 rings (SSSR count). The van der Waals surface area contributed by atoms with Crippen LogP contribution >= 0.6 is 11.8 Å². The van der Waals surface area contributed by atoms with Gasteiger partial charge in [0.25, 0.3) is 5.22 Å². The van der Waals surface area contributed by atoms with E-state index < -0.39 is 0 Å². The standard InChI is InChI=1S/C19H18N2O5S/c1-23-15-8-14(9-16(10-15)24-2)17-20-21-19(26-17)27-11-12-5-4-6-13(7-12)18(22)25-3/h4-10H,11H2,1-3H3. The Morgan fingerprint density at radius 2 is 1.78 bits per heavy atom. The minimum Gasteiger partial charge on any atom is -0.497 e. The molecule has 0 saturated heterocycles. The third-order valence-corrected chi connectivity index (χ3v) is 4.60. The number of rotatable bonds is 7. The summed E-state index contributed by atoms with van der Waals surface area (Å²) in [5.74, 6) is 1.85. The van der Waals surface area contributed by atoms with Crippen LogP contribution < -0.4 is 9.47 Å². The quantitative estimate of drug-likeness (QED) is 0.447. The molecular weight excluding hydrogens is 368 g/mol. The number of carbonyl (C=O) groups excluding carboxylic acids is 1. The number of hydrogen-bond donors (Lipinski definition) is 0. The molecule has 0 radical (unpaired) electrons. The molecule has 1 aromatic heterocycles. The topological polar surface area (TPSA) is 83.7 Å². The van der Waals surface area contributed by atoms with E-state index in [4.69, 9.17) is 18.6 Å². The molecule has 27 heavy (non-hydrogen) atoms. The largest absolute Gasteiger partial charge is 0.497 e. The van der Waals surface area contributed by atoms with Crippen LogP contribution in [0.5, 0.6) is 11.5 Å². The van der Waals surface area contributed by atoms with Crippen LogP contribution in [0.15, 0.2) is 52.1 Å². The van der Waals surface area contributed by atoms with Crippen molar-refractivity contribution >= 4 is 17.7 Å². The first-order valence-electron chi connectivity index (χ1n) is 8.00. The fourth-order valence-corrected chi connectivity index (χ4v) is 3.07. The third kappa shape index (κ3) is 4.59. The number of nitrogens with zero attached hydrogens (tertiary/aromatic N) is 2. The summed E-state index contributed by atoms with van der Waals surface area (Å²) in [7, 11) is 4.52. The van der Waals surface area contributed by atoms with Crippen LogP contribution in [0.3, 0.4) is 0 Å². The van der Waals surface area contributed by atoms with Gasteiger partial charge >= 0.3 is 5.97 Å². The van der Waals surface area contributed by atoms with Crippen LogP contribution in [0.1, 0.15) is 15.9 Å². The van der Waals surface area contributed by atoms with E-state index >= 15 is 0 Å². The first-order chi connectivity index (χ1) is 13.1. The SMILES string of the molecule is COC(=O)c1cccc(CSc2nnc(-c3cc(OC)cc(OC)c3)o2)c1. The van der Waals surface area contributed by atoms with Crippen molar-refractivity contribution < 1.29 is 23.4 Å². The van der Waals surface area contributed by atoms with Crippen LogP contribution in [-0.4, -0.2) is 37.5 Å². The van der Waals surface area contributed by atoms with E-state index in [2.05, 4.69) is 10.2 Å². The first kappa shape index (κ1) is 18.8. The number of thioether (sulfide) groups is 1. The Hall–Kier alpha value is -3.00. The highest BCUT2D eigenvalue weighted by molar-refractivity contribution is 7.98. The average molecular weight is 386 g/mol. The molecule has 8 heteroatoms. The number of methoxy groups -OCH3 is 3. The average Bonchev–Trinajstić information content (AvgIpc) is 3.20. The molecule has 7 nitrogen and oxygen atoms in total. The summed E-state index contributed by atoms with van der Waals surface area (Å²) in [4.78, 5) is 11.6. The van der Waals surface area contributed by atoms with Gasteiger partial charge in [-0.05, 0) is 29.8 Å². The number of benzene rings is 2. The van der Waals surface area contributed by atoms with Gasteiger partial charge in [0, 0.05) is 17.4 Å². The zero-order chi connectivity index (χ0) is 19.2. The summed E-state index contributed by atoms with van der Waals surface area (Å²) in [5, 5.41) is 8.58. The van der Waals surface area contributed by atoms with E-state index in [1.54, 1.807) is 44.6 Å². The lowest BCUT2D eigenvalue weighted by molar-refractivity contribution is 0.0600. The van der Waals surface area contributed by atoms with Crippen LogP contribution in [0.4, 0.5) is 0 Å². The van der Waals surface area contributed by atoms with Gasteiger partial charge in [-0.3, -0.25) is 0 Å². The molecule has 0 bridgehead atoms. The van der Waals surface area contributed by atoms with E-state index in [0.29, 0.717) is 39.5 Å². The molecule has 0 aliphatic rings. The van der Waals surface area contributed by atoms with Crippen LogP contribution in [0, 0.1) is 0 Å². The number of esters is 1. The minimum absolute atomic E-state index is 0.367. The smallest absolute Gasteiger partial charge is 0.337 e. The number of ether oxygens (including phenoxy) is 3. The maximum atomic E-state index is 11.6. The molecule has 0 fully saturated rings. The normalized spacial score (nSPS) is 10.5. The van der Waals surface area contributed by atoms with Crippen molar-refractivity contribution in [3.05, 3.63) is 53.6 Å². The van der Waals surface area contributed by atoms with E-state index in [1.165, 1.54) is 18.9 Å². The zero-order valence-corrected chi connectivity index (χ0v) is 15.9. The molecule has 1 heterocycles. The summed E-state index contributed by atoms with van der Waals surface area (Å²) in [6.07, 6.45) is 0. The molecule has 0 aliphatic carbocycles. The summed E-state index contributed by atoms with van der Waals surface area (Å²) < 4.78 is 21.0. The highest BCUT2D eigenvalue weighted by Crippen LogP contribution is 2.31. The second kappa shape index (κ2) is 8.59. The van der Waals surface area contributed by atoms with E-state index in [0.717, 1.165) is 5.56 Å². The van der Waals surface area contributed by atoms with E-state index in [-0.39, 0.29) is 5.97 Å². The predicted molar refractivity (Wildman–Crippen MR) is 100 cm³/mol. The Morgan fingerprint density at radius 3 is 2.44 bits per heavy atom. The maximum Gasteiger partial charge on any atom is 0.337 e. The predicted octanol–water partition coefficient (Wildman–Crippen LogP) is 3.83. The summed E-state index contributed by atoms with van der Waals surface area (Å²) >= 11 is 1.38. The van der Waals surface area contributed by atoms with Gasteiger partial charge in [0.1, 0.15) is 11.5 Å². The first-order valence-corrected chi connectivity index (χ1v) is 8.98. The van der Waals surface area contributed by atoms with Gasteiger partial charge in [0.05, 0.1) is 26.9 Å². The van der Waals surface area contributed by atoms with Crippen LogP contribution in [-0.2, 0) is 10.5 Å². The lowest BCUT2D eigenvalue weighted by Gasteiger charge is -2.05. The molecule has 0 saturated carbocycles. The second-order valence-electron chi connectivity index (χ2n) is 5.46. The Bertz CT molecular complexity index is 919. The molecule has 3 aromatic rings. The lowest BCUT2D eigenvalue weighted by Crippen LogP contribution is -2.01. The molecule has 0 amide bonds. The van der Waals surface area contributed by atoms with Gasteiger partial charge in [-0.2, -0.15) is 0 Å². The molecule has 140 valence electrons. The summed E-state index contributed by atoms with van der Waals surface area (Å²) in [6, 6.07) is 12.6. The molecule has 0 spiro atoms. The highest BCUT2D eigenvalue weighted by atomic mass is 32.2. The number of carbonyl (C=O) groups is 1. The molecule has 0 atom stereocenters. The van der Waals surface area contributed by atoms with Crippen molar-refractivity contribution in [1.82, 2.24) is 10.2 Å². The number of hydrogen-bond acceptors (Lipinski definition) is 8. The Labute approximate surface area is 160 Å². The summed E-state index contributed by atoms with van der Waals surface area (Å²) in [5.41, 5.74) is 2.16. The van der Waals surface area contributed by atoms with Crippen LogP contribution in [0.2, 0.25) is 0 Å². The van der Waals surface area contributed by atoms with Gasteiger partial charge < -0.3 is 18.6 Å². The molecule has 0 N–H and O–H groups in total. The Balaban J connectivity index is 1.73. The van der Waals surface area contributed by atoms with E-state index in [9.17, 15) is 4.79 Å². The van der Waals surface area contributed by atoms with Crippen LogP contribution in [0.25, 0.3) is 11.5 Å². The molecule has 0 unspecified atom stereocenters. The molecular formula is C19H18N2O5S. The second-order valence-corrected chi connectivity index (χ2v) is 6.38. The van der Waals surface area contributed by atoms with Crippen molar-refractivity contribution in [2.75, 3.05) is 21.3 Å². The van der Waals surface area contributed by atoms with Crippen molar-refractivity contribution in [2.24, 2.45) is 0 Å². The van der Waals surface area contributed by atoms with Crippen molar-refractivity contribution in [3.63, 3.8) is 0 Å². The third-order valence-electron chi connectivity index (χ3n) is 3.72. The monoisotopic (exact) mass is 386 g/mol. The lowest BCUT2D eigenvalue weighted by atomic mass is 10.1. The van der Waals surface area contributed by atoms with E-state index in [1.807, 2.05) is 12.1 Å². The van der Waals surface area contributed by atoms with Crippen molar-refractivity contribution in [1.29, 1.82) is 0 Å². The molecule has 0 aliphatic heterocycles.